The molecule has 0 saturated heterocycles. The number of carbonyl (C=O) groups is 2. The first-order valence-electron chi connectivity index (χ1n) is 15.3. The number of ether oxygens (including phenoxy) is 1. The lowest BCUT2D eigenvalue weighted by molar-refractivity contribution is -0.124. The van der Waals surface area contributed by atoms with Crippen LogP contribution in [-0.4, -0.2) is 58.8 Å². The number of carbonyl (C=O) groups excluding carboxylic acids is 2. The number of hydrogen-bond acceptors (Lipinski definition) is 6. The fourth-order valence-corrected chi connectivity index (χ4v) is 6.64. The van der Waals surface area contributed by atoms with Gasteiger partial charge in [0.1, 0.15) is 11.6 Å². The van der Waals surface area contributed by atoms with E-state index in [0.29, 0.717) is 30.5 Å². The van der Waals surface area contributed by atoms with Gasteiger partial charge in [-0.1, -0.05) is 38.0 Å². The standard InChI is InChI=1S/C33H45N5O3/c1-5-24(39)12-7-6-8-14-28(36-31(40)26-20-33(26)17-15-23(16-18-33)38(2)3)30-34-21-29(35-30)25-19-22-11-9-10-13-27(22)37-32(25)41-4/h9-11,13,19,21,23,26,28H,5-8,12,14-18,20H2,1-4H3,(H,34,35)(H,36,40)/t23?,26?,28-,33?/m0/s1. The van der Waals surface area contributed by atoms with Crippen molar-refractivity contribution < 1.29 is 14.3 Å². The average molecular weight is 560 g/mol. The highest BCUT2D eigenvalue weighted by molar-refractivity contribution is 5.85. The first-order valence-corrected chi connectivity index (χ1v) is 15.3. The molecule has 0 aliphatic heterocycles. The monoisotopic (exact) mass is 559 g/mol. The van der Waals surface area contributed by atoms with E-state index < -0.39 is 0 Å². The third-order valence-corrected chi connectivity index (χ3v) is 9.44. The van der Waals surface area contributed by atoms with E-state index in [1.54, 1.807) is 7.11 Å². The predicted molar refractivity (Wildman–Crippen MR) is 162 cm³/mol. The molecule has 2 saturated carbocycles. The Morgan fingerprint density at radius 3 is 2.68 bits per heavy atom. The van der Waals surface area contributed by atoms with Crippen LogP contribution in [0.1, 0.15) is 89.4 Å². The number of nitrogens with one attached hydrogen (secondary N) is 2. The Bertz CT molecular complexity index is 1360. The van der Waals surface area contributed by atoms with Crippen molar-refractivity contribution >= 4 is 22.6 Å². The van der Waals surface area contributed by atoms with Crippen molar-refractivity contribution in [1.29, 1.82) is 0 Å². The lowest BCUT2D eigenvalue weighted by atomic mass is 9.81. The number of H-pyrrole nitrogens is 1. The summed E-state index contributed by atoms with van der Waals surface area (Å²) in [4.78, 5) is 40.6. The minimum atomic E-state index is -0.215. The molecule has 0 radical (unpaired) electrons. The number of benzene rings is 1. The van der Waals surface area contributed by atoms with Crippen molar-refractivity contribution in [2.75, 3.05) is 21.2 Å². The summed E-state index contributed by atoms with van der Waals surface area (Å²) >= 11 is 0. The van der Waals surface area contributed by atoms with Gasteiger partial charge in [0.05, 0.1) is 36.1 Å². The maximum atomic E-state index is 13.6. The molecule has 5 rings (SSSR count). The van der Waals surface area contributed by atoms with Crippen LogP contribution in [0.4, 0.5) is 0 Å². The number of amides is 1. The number of nitrogens with zero attached hydrogens (tertiary/aromatic N) is 3. The predicted octanol–water partition coefficient (Wildman–Crippen LogP) is 6.23. The van der Waals surface area contributed by atoms with Crippen LogP contribution in [0, 0.1) is 11.3 Å². The van der Waals surface area contributed by atoms with Crippen LogP contribution in [0.25, 0.3) is 22.2 Å². The zero-order chi connectivity index (χ0) is 29.0. The summed E-state index contributed by atoms with van der Waals surface area (Å²) in [6.45, 7) is 1.92. The highest BCUT2D eigenvalue weighted by Crippen LogP contribution is 2.61. The summed E-state index contributed by atoms with van der Waals surface area (Å²) in [6, 6.07) is 10.4. The van der Waals surface area contributed by atoms with Gasteiger partial charge in [0.15, 0.2) is 0 Å². The van der Waals surface area contributed by atoms with Crippen LogP contribution >= 0.6 is 0 Å². The van der Waals surface area contributed by atoms with Gasteiger partial charge >= 0.3 is 0 Å². The molecule has 2 aromatic heterocycles. The molecule has 2 aliphatic rings. The normalized spacial score (nSPS) is 22.7. The number of para-hydroxylation sites is 1. The Morgan fingerprint density at radius 1 is 1.17 bits per heavy atom. The second-order valence-electron chi connectivity index (χ2n) is 12.3. The van der Waals surface area contributed by atoms with Gasteiger partial charge in [0.25, 0.3) is 0 Å². The Hall–Kier alpha value is -3.26. The molecule has 1 aromatic carbocycles. The lowest BCUT2D eigenvalue weighted by Crippen LogP contribution is -2.36. The number of Topliss-reactive ketones (excluding diaryl/α,β-unsaturated/α-hetero) is 1. The SMILES string of the molecule is CCC(=O)CCCCC[C@H](NC(=O)C1CC12CCC(N(C)C)CC2)c1ncc(-c2cc3ccccc3nc2OC)[nH]1. The van der Waals surface area contributed by atoms with Crippen LogP contribution in [0.3, 0.4) is 0 Å². The van der Waals surface area contributed by atoms with Gasteiger partial charge in [0, 0.05) is 30.2 Å². The first-order chi connectivity index (χ1) is 19.8. The third-order valence-electron chi connectivity index (χ3n) is 9.44. The zero-order valence-corrected chi connectivity index (χ0v) is 25.0. The molecule has 2 aliphatic carbocycles. The molecule has 41 heavy (non-hydrogen) atoms. The van der Waals surface area contributed by atoms with E-state index in [1.165, 1.54) is 12.8 Å². The van der Waals surface area contributed by atoms with Crippen molar-refractivity contribution in [3.05, 3.63) is 42.4 Å². The molecule has 3 aromatic rings. The molecule has 2 heterocycles. The van der Waals surface area contributed by atoms with E-state index in [-0.39, 0.29) is 23.3 Å². The molecular formula is C33H45N5O3. The molecule has 1 unspecified atom stereocenters. The summed E-state index contributed by atoms with van der Waals surface area (Å²) < 4.78 is 5.63. The van der Waals surface area contributed by atoms with Gasteiger partial charge in [-0.15, -0.1) is 0 Å². The number of unbranched alkanes of at least 4 members (excludes halogenated alkanes) is 2. The number of fused-ring (bicyclic) bond motifs is 1. The number of imidazole rings is 1. The topological polar surface area (TPSA) is 100 Å². The number of ketones is 1. The molecule has 220 valence electrons. The largest absolute Gasteiger partial charge is 0.480 e. The average Bonchev–Trinajstić information content (AvgIpc) is 3.45. The zero-order valence-electron chi connectivity index (χ0n) is 25.0. The van der Waals surface area contributed by atoms with E-state index in [2.05, 4.69) is 40.3 Å². The van der Waals surface area contributed by atoms with Crippen LogP contribution in [0.15, 0.2) is 36.5 Å². The second kappa shape index (κ2) is 12.7. The Labute approximate surface area is 243 Å². The molecule has 0 bridgehead atoms. The van der Waals surface area contributed by atoms with Crippen LogP contribution in [0.2, 0.25) is 0 Å². The van der Waals surface area contributed by atoms with Crippen molar-refractivity contribution in [1.82, 2.24) is 25.2 Å². The van der Waals surface area contributed by atoms with Crippen molar-refractivity contribution in [2.45, 2.75) is 89.6 Å². The number of methoxy groups -OCH3 is 1. The molecular weight excluding hydrogens is 514 g/mol. The number of aromatic amines is 1. The quantitative estimate of drug-likeness (QED) is 0.241. The van der Waals surface area contributed by atoms with Crippen LogP contribution in [0.5, 0.6) is 5.88 Å². The van der Waals surface area contributed by atoms with Crippen molar-refractivity contribution in [3.63, 3.8) is 0 Å². The van der Waals surface area contributed by atoms with E-state index in [0.717, 1.165) is 72.9 Å². The molecule has 8 nitrogen and oxygen atoms in total. The number of rotatable bonds is 13. The fraction of sp³-hybridized carbons (Fsp3) is 0.576. The van der Waals surface area contributed by atoms with E-state index in [4.69, 9.17) is 9.72 Å². The molecule has 8 heteroatoms. The summed E-state index contributed by atoms with van der Waals surface area (Å²) in [7, 11) is 5.94. The molecule has 2 atom stereocenters. The second-order valence-corrected chi connectivity index (χ2v) is 12.3. The van der Waals surface area contributed by atoms with Gasteiger partial charge < -0.3 is 19.9 Å². The van der Waals surface area contributed by atoms with Crippen molar-refractivity contribution in [3.8, 4) is 17.1 Å². The highest BCUT2D eigenvalue weighted by atomic mass is 16.5. The number of hydrogen-bond donors (Lipinski definition) is 2. The first kappa shape index (κ1) is 29.2. The summed E-state index contributed by atoms with van der Waals surface area (Å²) in [6.07, 6.45) is 12.1. The Morgan fingerprint density at radius 2 is 1.95 bits per heavy atom. The van der Waals surface area contributed by atoms with E-state index in [1.807, 2.05) is 37.4 Å². The maximum absolute atomic E-state index is 13.6. The van der Waals surface area contributed by atoms with Gasteiger partial charge in [0.2, 0.25) is 11.8 Å². The Kier molecular flexibility index (Phi) is 9.07. The van der Waals surface area contributed by atoms with Gasteiger partial charge in [-0.05, 0) is 76.6 Å². The lowest BCUT2D eigenvalue weighted by Gasteiger charge is -2.33. The van der Waals surface area contributed by atoms with Crippen molar-refractivity contribution in [2.24, 2.45) is 11.3 Å². The summed E-state index contributed by atoms with van der Waals surface area (Å²) in [5, 5.41) is 4.40. The Balaban J connectivity index is 1.30. The van der Waals surface area contributed by atoms with E-state index in [9.17, 15) is 9.59 Å². The van der Waals surface area contributed by atoms with Gasteiger partial charge in [-0.25, -0.2) is 9.97 Å². The maximum Gasteiger partial charge on any atom is 0.224 e. The molecule has 2 fully saturated rings. The fourth-order valence-electron chi connectivity index (χ4n) is 6.64. The molecule has 2 N–H and O–H groups in total. The smallest absolute Gasteiger partial charge is 0.224 e. The third kappa shape index (κ3) is 6.64. The van der Waals surface area contributed by atoms with Crippen LogP contribution < -0.4 is 10.1 Å². The minimum Gasteiger partial charge on any atom is -0.480 e. The van der Waals surface area contributed by atoms with Crippen LogP contribution in [-0.2, 0) is 9.59 Å². The highest BCUT2D eigenvalue weighted by Gasteiger charge is 2.58. The number of pyridine rings is 1. The minimum absolute atomic E-state index is 0.0921. The van der Waals surface area contributed by atoms with Gasteiger partial charge in [-0.3, -0.25) is 9.59 Å². The summed E-state index contributed by atoms with van der Waals surface area (Å²) in [5.74, 6) is 1.84. The molecule has 1 spiro atoms. The molecule has 1 amide bonds. The van der Waals surface area contributed by atoms with Gasteiger partial charge in [-0.2, -0.15) is 0 Å². The van der Waals surface area contributed by atoms with E-state index >= 15 is 0 Å². The summed E-state index contributed by atoms with van der Waals surface area (Å²) in [5.41, 5.74) is 2.71. The number of aromatic nitrogens is 3.